The van der Waals surface area contributed by atoms with Crippen molar-refractivity contribution in [2.75, 3.05) is 6.54 Å². The molecule has 1 aromatic carbocycles. The monoisotopic (exact) mass is 303 g/mol. The van der Waals surface area contributed by atoms with Gasteiger partial charge in [0.2, 0.25) is 0 Å². The minimum absolute atomic E-state index is 0.417. The van der Waals surface area contributed by atoms with Crippen LogP contribution in [-0.4, -0.2) is 16.1 Å². The van der Waals surface area contributed by atoms with Crippen LogP contribution in [0.4, 0.5) is 0 Å². The van der Waals surface area contributed by atoms with E-state index in [0.717, 1.165) is 25.3 Å². The first kappa shape index (κ1) is 16.1. The number of aryl methyl sites for hydroxylation is 1. The van der Waals surface area contributed by atoms with Crippen LogP contribution < -0.4 is 5.32 Å². The summed E-state index contributed by atoms with van der Waals surface area (Å²) in [5.74, 6) is 0.974. The van der Waals surface area contributed by atoms with E-state index >= 15 is 0 Å². The fourth-order valence-corrected chi connectivity index (χ4v) is 3.23. The Morgan fingerprint density at radius 1 is 1.24 bits per heavy atom. The molecule has 1 unspecified atom stereocenters. The van der Waals surface area contributed by atoms with Gasteiger partial charge in [-0.1, -0.05) is 26.0 Å². The molecule has 1 aromatic heterocycles. The maximum Gasteiger partial charge on any atom is 0.0948 e. The molecule has 0 aliphatic rings. The van der Waals surface area contributed by atoms with Crippen LogP contribution in [-0.2, 0) is 12.3 Å². The topological polar surface area (TPSA) is 29.9 Å². The van der Waals surface area contributed by atoms with Gasteiger partial charge in [0.05, 0.1) is 6.33 Å². The zero-order valence-electron chi connectivity index (χ0n) is 13.2. The molecule has 0 saturated heterocycles. The first-order chi connectivity index (χ1) is 10.2. The number of imidazole rings is 1. The summed E-state index contributed by atoms with van der Waals surface area (Å²) in [6.07, 6.45) is 5.05. The minimum atomic E-state index is 0.417. The molecular formula is C17H25N3S. The van der Waals surface area contributed by atoms with Crippen LogP contribution >= 0.6 is 11.8 Å². The Morgan fingerprint density at radius 3 is 2.67 bits per heavy atom. The number of thioether (sulfide) groups is 1. The highest BCUT2D eigenvalue weighted by atomic mass is 32.2. The Balaban J connectivity index is 1.93. The van der Waals surface area contributed by atoms with Crippen molar-refractivity contribution in [1.29, 1.82) is 0 Å². The van der Waals surface area contributed by atoms with Crippen LogP contribution in [0.5, 0.6) is 0 Å². The second kappa shape index (κ2) is 8.25. The lowest BCUT2D eigenvalue weighted by Gasteiger charge is -2.13. The number of nitrogens with zero attached hydrogens (tertiary/aromatic N) is 2. The van der Waals surface area contributed by atoms with Crippen molar-refractivity contribution in [3.63, 3.8) is 0 Å². The van der Waals surface area contributed by atoms with Gasteiger partial charge in [0.1, 0.15) is 0 Å². The molecule has 0 radical (unpaired) electrons. The average molecular weight is 303 g/mol. The summed E-state index contributed by atoms with van der Waals surface area (Å²) < 4.78 is 2.24. The van der Waals surface area contributed by atoms with Gasteiger partial charge in [0.25, 0.3) is 0 Å². The predicted molar refractivity (Wildman–Crippen MR) is 90.6 cm³/mol. The lowest BCUT2D eigenvalue weighted by Crippen LogP contribution is -2.17. The highest BCUT2D eigenvalue weighted by Gasteiger charge is 2.05. The number of nitrogens with one attached hydrogen (secondary N) is 1. The van der Waals surface area contributed by atoms with Gasteiger partial charge in [-0.3, -0.25) is 0 Å². The van der Waals surface area contributed by atoms with Gasteiger partial charge in [0, 0.05) is 35.1 Å². The summed E-state index contributed by atoms with van der Waals surface area (Å²) in [4.78, 5) is 5.56. The Bertz CT molecular complexity index is 533. The van der Waals surface area contributed by atoms with E-state index in [0.29, 0.717) is 6.04 Å². The minimum Gasteiger partial charge on any atom is -0.334 e. The molecule has 0 spiro atoms. The Labute approximate surface area is 132 Å². The van der Waals surface area contributed by atoms with Gasteiger partial charge in [-0.2, -0.15) is 0 Å². The third-order valence-electron chi connectivity index (χ3n) is 3.54. The number of hydrogen-bond donors (Lipinski definition) is 1. The highest BCUT2D eigenvalue weighted by Crippen LogP contribution is 2.24. The largest absolute Gasteiger partial charge is 0.334 e. The van der Waals surface area contributed by atoms with E-state index in [1.54, 1.807) is 0 Å². The number of rotatable bonds is 8. The summed E-state index contributed by atoms with van der Waals surface area (Å²) in [5, 5.41) is 3.44. The van der Waals surface area contributed by atoms with Crippen molar-refractivity contribution in [3.8, 4) is 0 Å². The maximum atomic E-state index is 4.25. The lowest BCUT2D eigenvalue weighted by molar-refractivity contribution is 0.598. The molecule has 4 heteroatoms. The maximum absolute atomic E-state index is 4.25. The van der Waals surface area contributed by atoms with Crippen LogP contribution in [0.3, 0.4) is 0 Å². The zero-order valence-corrected chi connectivity index (χ0v) is 14.0. The Hall–Kier alpha value is -1.26. The van der Waals surface area contributed by atoms with E-state index in [1.165, 1.54) is 16.2 Å². The summed E-state index contributed by atoms with van der Waals surface area (Å²) in [7, 11) is 0. The van der Waals surface area contributed by atoms with Crippen molar-refractivity contribution in [3.05, 3.63) is 48.0 Å². The summed E-state index contributed by atoms with van der Waals surface area (Å²) >= 11 is 1.87. The molecule has 0 fully saturated rings. The average Bonchev–Trinajstić information content (AvgIpc) is 2.94. The molecule has 2 aromatic rings. The summed E-state index contributed by atoms with van der Waals surface area (Å²) in [6.45, 7) is 8.59. The van der Waals surface area contributed by atoms with Crippen LogP contribution in [0.25, 0.3) is 0 Å². The number of hydrogen-bond acceptors (Lipinski definition) is 3. The van der Waals surface area contributed by atoms with Gasteiger partial charge in [-0.15, -0.1) is 11.8 Å². The molecule has 0 aliphatic heterocycles. The molecule has 0 amide bonds. The van der Waals surface area contributed by atoms with E-state index in [2.05, 4.69) is 59.9 Å². The first-order valence-corrected chi connectivity index (χ1v) is 8.68. The third-order valence-corrected chi connectivity index (χ3v) is 4.59. The van der Waals surface area contributed by atoms with Gasteiger partial charge in [-0.25, -0.2) is 4.98 Å². The molecule has 1 N–H and O–H groups in total. The van der Waals surface area contributed by atoms with Crippen LogP contribution in [0, 0.1) is 0 Å². The molecule has 1 heterocycles. The van der Waals surface area contributed by atoms with E-state index in [9.17, 15) is 0 Å². The number of aromatic nitrogens is 2. The second-order valence-electron chi connectivity index (χ2n) is 5.22. The standard InChI is InChI=1S/C17H25N3S/c1-4-10-20-13-18-11-16(20)12-21-17-8-6-15(7-9-17)14(3)19-5-2/h6-9,11,13-14,19H,4-5,10,12H2,1-3H3. The van der Waals surface area contributed by atoms with E-state index in [4.69, 9.17) is 0 Å². The SMILES string of the molecule is CCCn1cncc1CSc1ccc(C(C)NCC)cc1. The summed E-state index contributed by atoms with van der Waals surface area (Å²) in [5.41, 5.74) is 2.64. The van der Waals surface area contributed by atoms with Crippen LogP contribution in [0.2, 0.25) is 0 Å². The predicted octanol–water partition coefficient (Wildman–Crippen LogP) is 4.26. The van der Waals surface area contributed by atoms with Crippen molar-refractivity contribution in [2.45, 2.75) is 50.4 Å². The molecule has 114 valence electrons. The molecule has 2 rings (SSSR count). The normalized spacial score (nSPS) is 12.5. The molecule has 0 saturated carbocycles. The first-order valence-electron chi connectivity index (χ1n) is 7.69. The second-order valence-corrected chi connectivity index (χ2v) is 6.26. The molecule has 0 aliphatic carbocycles. The Morgan fingerprint density at radius 2 is 2.00 bits per heavy atom. The molecule has 1 atom stereocenters. The van der Waals surface area contributed by atoms with Gasteiger partial charge >= 0.3 is 0 Å². The fourth-order valence-electron chi connectivity index (χ4n) is 2.34. The van der Waals surface area contributed by atoms with Crippen molar-refractivity contribution < 1.29 is 0 Å². The van der Waals surface area contributed by atoms with Crippen molar-refractivity contribution >= 4 is 11.8 Å². The van der Waals surface area contributed by atoms with E-state index in [-0.39, 0.29) is 0 Å². The van der Waals surface area contributed by atoms with Crippen LogP contribution in [0.1, 0.15) is 44.5 Å². The summed E-state index contributed by atoms with van der Waals surface area (Å²) in [6, 6.07) is 9.29. The zero-order chi connectivity index (χ0) is 15.1. The third kappa shape index (κ3) is 4.61. The molecule has 3 nitrogen and oxygen atoms in total. The fraction of sp³-hybridized carbons (Fsp3) is 0.471. The van der Waals surface area contributed by atoms with Gasteiger partial charge < -0.3 is 9.88 Å². The van der Waals surface area contributed by atoms with Crippen molar-refractivity contribution in [1.82, 2.24) is 14.9 Å². The molecule has 21 heavy (non-hydrogen) atoms. The van der Waals surface area contributed by atoms with E-state index in [1.807, 2.05) is 24.3 Å². The number of benzene rings is 1. The van der Waals surface area contributed by atoms with Gasteiger partial charge in [0.15, 0.2) is 0 Å². The van der Waals surface area contributed by atoms with Crippen LogP contribution in [0.15, 0.2) is 41.7 Å². The quantitative estimate of drug-likeness (QED) is 0.739. The van der Waals surface area contributed by atoms with E-state index < -0.39 is 0 Å². The smallest absolute Gasteiger partial charge is 0.0948 e. The van der Waals surface area contributed by atoms with Crippen molar-refractivity contribution in [2.24, 2.45) is 0 Å². The molecular weight excluding hydrogens is 278 g/mol. The molecule has 0 bridgehead atoms. The highest BCUT2D eigenvalue weighted by molar-refractivity contribution is 7.98. The Kier molecular flexibility index (Phi) is 6.33. The van der Waals surface area contributed by atoms with Gasteiger partial charge in [-0.05, 0) is 37.6 Å². The lowest BCUT2D eigenvalue weighted by atomic mass is 10.1.